The molecule has 2 aliphatic carbocycles. The van der Waals surface area contributed by atoms with Gasteiger partial charge in [0.25, 0.3) is 0 Å². The summed E-state index contributed by atoms with van der Waals surface area (Å²) in [4.78, 5) is 4.56. The van der Waals surface area contributed by atoms with Crippen molar-refractivity contribution in [3.8, 4) is 27.9 Å². The summed E-state index contributed by atoms with van der Waals surface area (Å²) in [6.07, 6.45) is 8.49. The molecule has 2 aliphatic rings. The Hall–Kier alpha value is -6.97. The van der Waals surface area contributed by atoms with Crippen LogP contribution in [0.2, 0.25) is 0 Å². The number of nitrogens with zero attached hydrogens (tertiary/aromatic N) is 2. The summed E-state index contributed by atoms with van der Waals surface area (Å²) in [5, 5.41) is 4.67. The Morgan fingerprint density at radius 2 is 1.23 bits per heavy atom. The molecule has 0 N–H and O–H groups in total. The predicted octanol–water partition coefficient (Wildman–Crippen LogP) is 12.6. The van der Waals surface area contributed by atoms with Crippen molar-refractivity contribution < 1.29 is 4.42 Å². The van der Waals surface area contributed by atoms with E-state index in [4.69, 9.17) is 4.42 Å². The van der Waals surface area contributed by atoms with Crippen molar-refractivity contribution in [2.75, 3.05) is 0 Å². The molecule has 1 unspecified atom stereocenters. The van der Waals surface area contributed by atoms with Crippen LogP contribution in [0.5, 0.6) is 0 Å². The van der Waals surface area contributed by atoms with Crippen LogP contribution in [0.3, 0.4) is 0 Å². The molecule has 0 radical (unpaired) electrons. The van der Waals surface area contributed by atoms with Crippen molar-refractivity contribution in [2.45, 2.75) is 5.41 Å². The molecule has 0 fully saturated rings. The van der Waals surface area contributed by atoms with E-state index < -0.39 is 5.41 Å². The van der Waals surface area contributed by atoms with Gasteiger partial charge >= 0.3 is 0 Å². The second-order valence-electron chi connectivity index (χ2n) is 14.3. The van der Waals surface area contributed by atoms with Gasteiger partial charge < -0.3 is 8.98 Å². The fourth-order valence-corrected chi connectivity index (χ4v) is 9.58. The van der Waals surface area contributed by atoms with Crippen LogP contribution in [-0.4, -0.2) is 9.55 Å². The number of benzene rings is 7. The highest BCUT2D eigenvalue weighted by molar-refractivity contribution is 6.16. The fourth-order valence-electron chi connectivity index (χ4n) is 9.58. The molecule has 3 nitrogen and oxygen atoms in total. The first-order valence-electron chi connectivity index (χ1n) is 18.2. The van der Waals surface area contributed by atoms with E-state index in [1.165, 1.54) is 71.9 Å². The first kappa shape index (κ1) is 28.7. The molecule has 0 saturated heterocycles. The smallest absolute Gasteiger partial charge is 0.136 e. The van der Waals surface area contributed by atoms with E-state index >= 15 is 0 Å². The monoisotopic (exact) mass is 674 g/mol. The minimum atomic E-state index is -0.554. The quantitative estimate of drug-likeness (QED) is 0.183. The Balaban J connectivity index is 1.16. The second-order valence-corrected chi connectivity index (χ2v) is 14.3. The van der Waals surface area contributed by atoms with Gasteiger partial charge in [0.05, 0.1) is 16.4 Å². The van der Waals surface area contributed by atoms with Gasteiger partial charge in [-0.15, -0.1) is 0 Å². The Labute approximate surface area is 305 Å². The number of fused-ring (bicyclic) bond motifs is 16. The van der Waals surface area contributed by atoms with Gasteiger partial charge in [0.1, 0.15) is 11.2 Å². The lowest BCUT2D eigenvalue weighted by Crippen LogP contribution is -2.30. The van der Waals surface area contributed by atoms with Crippen LogP contribution in [0.25, 0.3) is 83.8 Å². The van der Waals surface area contributed by atoms with Gasteiger partial charge in [0.2, 0.25) is 0 Å². The Morgan fingerprint density at radius 1 is 0.491 bits per heavy atom. The van der Waals surface area contributed by atoms with Gasteiger partial charge in [-0.05, 0) is 104 Å². The van der Waals surface area contributed by atoms with E-state index in [0.29, 0.717) is 0 Å². The lowest BCUT2D eigenvalue weighted by molar-refractivity contribution is 0.668. The molecule has 12 rings (SSSR count). The molecule has 3 aromatic heterocycles. The van der Waals surface area contributed by atoms with E-state index in [-0.39, 0.29) is 0 Å². The molecule has 1 atom stereocenters. The van der Waals surface area contributed by atoms with Crippen LogP contribution >= 0.6 is 0 Å². The Bertz CT molecular complexity index is 3180. The van der Waals surface area contributed by atoms with Gasteiger partial charge in [-0.1, -0.05) is 121 Å². The van der Waals surface area contributed by atoms with Crippen molar-refractivity contribution in [2.24, 2.45) is 0 Å². The Morgan fingerprint density at radius 3 is 2.15 bits per heavy atom. The molecule has 3 heterocycles. The van der Waals surface area contributed by atoms with E-state index in [0.717, 1.165) is 33.1 Å². The lowest BCUT2D eigenvalue weighted by Gasteiger charge is -2.35. The second kappa shape index (κ2) is 10.5. The largest absolute Gasteiger partial charge is 0.456 e. The highest BCUT2D eigenvalue weighted by Gasteiger charge is 2.49. The third-order valence-corrected chi connectivity index (χ3v) is 11.7. The molecular weight excluding hydrogens is 645 g/mol. The highest BCUT2D eigenvalue weighted by Crippen LogP contribution is 2.61. The zero-order valence-corrected chi connectivity index (χ0v) is 28.6. The lowest BCUT2D eigenvalue weighted by atomic mass is 9.65. The van der Waals surface area contributed by atoms with E-state index in [1.54, 1.807) is 0 Å². The summed E-state index contributed by atoms with van der Waals surface area (Å²) in [6, 6.07) is 57.6. The zero-order chi connectivity index (χ0) is 34.7. The SMILES string of the molecule is C1=Cc2ccc(-c3ccc4c(c3)c3cnccc3n4-c3ccccc3)cc2C2(c3ccccc31)c1ccccc1-c1c2ccc2oc3ccccc3c12. The van der Waals surface area contributed by atoms with E-state index in [1.807, 2.05) is 12.4 Å². The zero-order valence-electron chi connectivity index (χ0n) is 28.6. The summed E-state index contributed by atoms with van der Waals surface area (Å²) in [6.45, 7) is 0. The van der Waals surface area contributed by atoms with Crippen LogP contribution in [-0.2, 0) is 5.41 Å². The molecule has 0 aliphatic heterocycles. The number of furan rings is 1. The summed E-state index contributed by atoms with van der Waals surface area (Å²) in [5.74, 6) is 0. The maximum atomic E-state index is 6.49. The number of aromatic nitrogens is 2. The highest BCUT2D eigenvalue weighted by atomic mass is 16.3. The van der Waals surface area contributed by atoms with Gasteiger partial charge in [0, 0.05) is 39.6 Å². The van der Waals surface area contributed by atoms with Crippen molar-refractivity contribution in [1.82, 2.24) is 9.55 Å². The van der Waals surface area contributed by atoms with Gasteiger partial charge in [-0.25, -0.2) is 0 Å². The maximum Gasteiger partial charge on any atom is 0.136 e. The predicted molar refractivity (Wildman–Crippen MR) is 218 cm³/mol. The van der Waals surface area contributed by atoms with Crippen molar-refractivity contribution in [1.29, 1.82) is 0 Å². The average Bonchev–Trinajstić information content (AvgIpc) is 3.83. The molecule has 0 bridgehead atoms. The molecule has 246 valence electrons. The summed E-state index contributed by atoms with van der Waals surface area (Å²) >= 11 is 0. The standard InChI is InChI=1S/C50H30N2O/c1-2-11-35(12-3-1)52-44-24-22-33(28-38(44)39-30-51-27-26-45(39)52)34-21-20-32-19-18-31-10-4-7-15-40(31)50(43(32)29-34)41-16-8-5-13-36(41)48-42(50)23-25-47-49(48)37-14-6-9-17-46(37)53-47/h1-30H. The van der Waals surface area contributed by atoms with Crippen LogP contribution in [0.15, 0.2) is 175 Å². The Kier molecular flexibility index (Phi) is 5.70. The van der Waals surface area contributed by atoms with Crippen molar-refractivity contribution >= 4 is 55.9 Å². The van der Waals surface area contributed by atoms with Gasteiger partial charge in [0.15, 0.2) is 0 Å². The van der Waals surface area contributed by atoms with Crippen molar-refractivity contribution in [3.63, 3.8) is 0 Å². The molecule has 7 aromatic carbocycles. The summed E-state index contributed by atoms with van der Waals surface area (Å²) in [7, 11) is 0. The molecule has 1 spiro atoms. The van der Waals surface area contributed by atoms with E-state index in [2.05, 4.69) is 179 Å². The molecule has 0 amide bonds. The third kappa shape index (κ3) is 3.75. The number of hydrogen-bond donors (Lipinski definition) is 0. The topological polar surface area (TPSA) is 31.0 Å². The molecule has 0 saturated carbocycles. The number of para-hydroxylation sites is 2. The van der Waals surface area contributed by atoms with E-state index in [9.17, 15) is 0 Å². The average molecular weight is 675 g/mol. The third-order valence-electron chi connectivity index (χ3n) is 11.7. The van der Waals surface area contributed by atoms with Crippen LogP contribution < -0.4 is 0 Å². The maximum absolute atomic E-state index is 6.49. The number of hydrogen-bond acceptors (Lipinski definition) is 2. The van der Waals surface area contributed by atoms with Crippen LogP contribution in [0, 0.1) is 0 Å². The molecular formula is C50H30N2O. The first-order valence-corrected chi connectivity index (χ1v) is 18.2. The minimum Gasteiger partial charge on any atom is -0.456 e. The molecule has 10 aromatic rings. The summed E-state index contributed by atoms with van der Waals surface area (Å²) in [5.41, 5.74) is 17.2. The first-order chi connectivity index (χ1) is 26.3. The van der Waals surface area contributed by atoms with Crippen LogP contribution in [0.1, 0.15) is 33.4 Å². The minimum absolute atomic E-state index is 0.554. The number of rotatable bonds is 2. The number of pyridine rings is 1. The van der Waals surface area contributed by atoms with Crippen LogP contribution in [0.4, 0.5) is 0 Å². The fraction of sp³-hybridized carbons (Fsp3) is 0.0200. The normalized spacial score (nSPS) is 15.5. The van der Waals surface area contributed by atoms with Crippen molar-refractivity contribution in [3.05, 3.63) is 203 Å². The summed E-state index contributed by atoms with van der Waals surface area (Å²) < 4.78 is 8.83. The van der Waals surface area contributed by atoms with Gasteiger partial charge in [-0.2, -0.15) is 0 Å². The molecule has 3 heteroatoms. The molecule has 53 heavy (non-hydrogen) atoms. The van der Waals surface area contributed by atoms with Gasteiger partial charge in [-0.3, -0.25) is 4.98 Å².